The lowest BCUT2D eigenvalue weighted by Gasteiger charge is -2.25. The zero-order valence-electron chi connectivity index (χ0n) is 30.0. The maximum Gasteiger partial charge on any atom is 0.290 e. The normalized spacial score (nSPS) is 16.9. The van der Waals surface area contributed by atoms with Gasteiger partial charge in [-0.1, -0.05) is 85.6 Å². The summed E-state index contributed by atoms with van der Waals surface area (Å²) in [5.74, 6) is -1.44. The van der Waals surface area contributed by atoms with Crippen molar-refractivity contribution in [1.82, 2.24) is 0 Å². The second-order valence-corrected chi connectivity index (χ2v) is 14.2. The molecular formula is C43H40Cl2N2O6. The monoisotopic (exact) mass is 750 g/mol. The van der Waals surface area contributed by atoms with E-state index in [1.54, 1.807) is 48.5 Å². The summed E-state index contributed by atoms with van der Waals surface area (Å²) >= 11 is 12.1. The van der Waals surface area contributed by atoms with Crippen molar-refractivity contribution in [3.05, 3.63) is 151 Å². The molecule has 8 nitrogen and oxygen atoms in total. The number of carbonyl (C=O) groups is 4. The molecule has 0 saturated heterocycles. The summed E-state index contributed by atoms with van der Waals surface area (Å²) in [4.78, 5) is 52.3. The average molecular weight is 752 g/mol. The highest BCUT2D eigenvalue weighted by atomic mass is 35.5. The van der Waals surface area contributed by atoms with Crippen LogP contribution in [0.15, 0.2) is 96.5 Å². The number of ether oxygens (including phenoxy) is 2. The molecule has 272 valence electrons. The van der Waals surface area contributed by atoms with Crippen molar-refractivity contribution in [2.24, 2.45) is 0 Å². The van der Waals surface area contributed by atoms with Crippen LogP contribution in [0.2, 0.25) is 10.0 Å². The zero-order valence-corrected chi connectivity index (χ0v) is 31.5. The summed E-state index contributed by atoms with van der Waals surface area (Å²) in [5.41, 5.74) is 8.62. The van der Waals surface area contributed by atoms with E-state index in [9.17, 15) is 19.2 Å². The van der Waals surface area contributed by atoms with Crippen LogP contribution in [0.5, 0.6) is 0 Å². The molecular weight excluding hydrogens is 711 g/mol. The summed E-state index contributed by atoms with van der Waals surface area (Å²) in [6.07, 6.45) is 3.48. The van der Waals surface area contributed by atoms with Crippen LogP contribution >= 0.6 is 23.2 Å². The minimum Gasteiger partial charge on any atom is -0.479 e. The first-order valence-corrected chi connectivity index (χ1v) is 18.4. The SMILES string of the molecule is CCc1cc(Cc2ccc(C)c(NC(=O)C3=CC(=O)C[C@@H](c4ccc(Cl)cc4)O3)c2CC)cc(C)c1NC(=O)C1=CC(=O)C[C@H](c2ccc(Cl)cc2)O1. The maximum absolute atomic E-state index is 13.6. The van der Waals surface area contributed by atoms with Gasteiger partial charge < -0.3 is 20.1 Å². The fourth-order valence-corrected chi connectivity index (χ4v) is 7.07. The van der Waals surface area contributed by atoms with Crippen molar-refractivity contribution in [2.45, 2.75) is 72.0 Å². The van der Waals surface area contributed by atoms with Crippen LogP contribution in [0.4, 0.5) is 11.4 Å². The Morgan fingerprint density at radius 1 is 0.660 bits per heavy atom. The first-order chi connectivity index (χ1) is 25.4. The molecule has 0 saturated carbocycles. The van der Waals surface area contributed by atoms with Gasteiger partial charge >= 0.3 is 0 Å². The first kappa shape index (κ1) is 37.6. The minimum absolute atomic E-state index is 0.0341. The summed E-state index contributed by atoms with van der Waals surface area (Å²) in [5, 5.41) is 7.19. The second-order valence-electron chi connectivity index (χ2n) is 13.3. The Hall–Kier alpha value is -5.18. The van der Waals surface area contributed by atoms with E-state index in [1.165, 1.54) is 12.2 Å². The Morgan fingerprint density at radius 2 is 1.17 bits per heavy atom. The number of carbonyl (C=O) groups excluding carboxylic acids is 4. The molecule has 2 aliphatic heterocycles. The molecule has 0 fully saturated rings. The van der Waals surface area contributed by atoms with Crippen molar-refractivity contribution in [3.63, 3.8) is 0 Å². The number of rotatable bonds is 10. The summed E-state index contributed by atoms with van der Waals surface area (Å²) in [6, 6.07) is 22.2. The average Bonchev–Trinajstić information content (AvgIpc) is 3.14. The van der Waals surface area contributed by atoms with Crippen LogP contribution in [-0.4, -0.2) is 23.4 Å². The van der Waals surface area contributed by atoms with Crippen LogP contribution in [-0.2, 0) is 47.9 Å². The second kappa shape index (κ2) is 16.2. The van der Waals surface area contributed by atoms with E-state index in [4.69, 9.17) is 32.7 Å². The van der Waals surface area contributed by atoms with Crippen molar-refractivity contribution >= 4 is 58.0 Å². The van der Waals surface area contributed by atoms with Gasteiger partial charge in [-0.3, -0.25) is 19.2 Å². The van der Waals surface area contributed by atoms with Gasteiger partial charge in [0, 0.05) is 33.6 Å². The van der Waals surface area contributed by atoms with Gasteiger partial charge in [0.1, 0.15) is 12.2 Å². The summed E-state index contributed by atoms with van der Waals surface area (Å²) < 4.78 is 12.0. The van der Waals surface area contributed by atoms with Crippen LogP contribution in [0.3, 0.4) is 0 Å². The number of hydrogen-bond acceptors (Lipinski definition) is 6. The van der Waals surface area contributed by atoms with E-state index >= 15 is 0 Å². The van der Waals surface area contributed by atoms with Crippen LogP contribution in [0, 0.1) is 13.8 Å². The Morgan fingerprint density at radius 3 is 1.66 bits per heavy atom. The van der Waals surface area contributed by atoms with Gasteiger partial charge in [-0.05, 0) is 102 Å². The van der Waals surface area contributed by atoms with Gasteiger partial charge in [-0.2, -0.15) is 0 Å². The smallest absolute Gasteiger partial charge is 0.290 e. The van der Waals surface area contributed by atoms with Gasteiger partial charge in [0.15, 0.2) is 23.1 Å². The molecule has 2 N–H and O–H groups in total. The highest BCUT2D eigenvalue weighted by molar-refractivity contribution is 6.30. The molecule has 2 aliphatic rings. The zero-order chi connectivity index (χ0) is 37.8. The highest BCUT2D eigenvalue weighted by Crippen LogP contribution is 2.34. The van der Waals surface area contributed by atoms with Gasteiger partial charge in [0.25, 0.3) is 11.8 Å². The van der Waals surface area contributed by atoms with E-state index in [-0.39, 0.29) is 35.9 Å². The van der Waals surface area contributed by atoms with E-state index in [0.717, 1.165) is 44.5 Å². The number of halogens is 2. The standard InChI is InChI=1S/C43H40Cl2N2O6/c1-5-27-18-26(17-25(4)40(27)46-42(50)38-22-33(48)20-36(52-38)28-9-13-31(44)14-10-28)19-30-8-7-24(3)41(35(30)6-2)47-43(51)39-23-34(49)21-37(53-39)29-11-15-32(45)16-12-29/h7-18,22-23,36-37H,5-6,19-21H2,1-4H3,(H,46,50)(H,47,51)/t36-,37+/m1/s1. The molecule has 0 radical (unpaired) electrons. The quantitative estimate of drug-likeness (QED) is 0.167. The lowest BCUT2D eigenvalue weighted by Crippen LogP contribution is -2.25. The number of hydrogen-bond donors (Lipinski definition) is 2. The molecule has 0 bridgehead atoms. The van der Waals surface area contributed by atoms with E-state index in [0.29, 0.717) is 40.7 Å². The molecule has 6 rings (SSSR count). The molecule has 4 aromatic carbocycles. The van der Waals surface area contributed by atoms with Gasteiger partial charge in [0.2, 0.25) is 0 Å². The lowest BCUT2D eigenvalue weighted by atomic mass is 9.92. The third-order valence-corrected chi connectivity index (χ3v) is 10.0. The maximum atomic E-state index is 13.6. The third-order valence-electron chi connectivity index (χ3n) is 9.53. The van der Waals surface area contributed by atoms with Gasteiger partial charge in [-0.15, -0.1) is 0 Å². The number of benzene rings is 4. The molecule has 2 amide bonds. The topological polar surface area (TPSA) is 111 Å². The molecule has 0 spiro atoms. The van der Waals surface area contributed by atoms with E-state index < -0.39 is 24.0 Å². The molecule has 0 unspecified atom stereocenters. The Labute approximate surface area is 319 Å². The first-order valence-electron chi connectivity index (χ1n) is 17.6. The fraction of sp³-hybridized carbons (Fsp3) is 0.256. The van der Waals surface area contributed by atoms with Crippen molar-refractivity contribution < 1.29 is 28.7 Å². The third kappa shape index (κ3) is 8.73. The Kier molecular flexibility index (Phi) is 11.5. The molecule has 10 heteroatoms. The lowest BCUT2D eigenvalue weighted by molar-refractivity contribution is -0.124. The molecule has 53 heavy (non-hydrogen) atoms. The number of allylic oxidation sites excluding steroid dienone is 2. The number of aryl methyl sites for hydroxylation is 3. The minimum atomic E-state index is -0.590. The van der Waals surface area contributed by atoms with Crippen LogP contribution < -0.4 is 10.6 Å². The molecule has 2 heterocycles. The molecule has 2 atom stereocenters. The van der Waals surface area contributed by atoms with Crippen molar-refractivity contribution in [2.75, 3.05) is 10.6 Å². The summed E-state index contributed by atoms with van der Waals surface area (Å²) in [7, 11) is 0. The highest BCUT2D eigenvalue weighted by Gasteiger charge is 2.29. The predicted octanol–water partition coefficient (Wildman–Crippen LogP) is 9.43. The van der Waals surface area contributed by atoms with E-state index in [2.05, 4.69) is 22.8 Å². The van der Waals surface area contributed by atoms with E-state index in [1.807, 2.05) is 39.8 Å². The number of nitrogens with one attached hydrogen (secondary N) is 2. The predicted molar refractivity (Wildman–Crippen MR) is 207 cm³/mol. The summed E-state index contributed by atoms with van der Waals surface area (Å²) in [6.45, 7) is 7.93. The number of amides is 2. The van der Waals surface area contributed by atoms with Crippen molar-refractivity contribution in [3.8, 4) is 0 Å². The molecule has 0 aliphatic carbocycles. The Bertz CT molecular complexity index is 2150. The van der Waals surface area contributed by atoms with Crippen LogP contribution in [0.1, 0.15) is 83.4 Å². The fourth-order valence-electron chi connectivity index (χ4n) is 6.82. The molecule has 4 aromatic rings. The largest absolute Gasteiger partial charge is 0.479 e. The van der Waals surface area contributed by atoms with Gasteiger partial charge in [0.05, 0.1) is 12.8 Å². The number of ketones is 2. The molecule has 0 aromatic heterocycles. The van der Waals surface area contributed by atoms with Crippen molar-refractivity contribution in [1.29, 1.82) is 0 Å². The van der Waals surface area contributed by atoms with Gasteiger partial charge in [-0.25, -0.2) is 0 Å². The Balaban J connectivity index is 1.19. The number of anilines is 2. The van der Waals surface area contributed by atoms with Crippen LogP contribution in [0.25, 0.3) is 0 Å².